The molecule has 0 aliphatic heterocycles. The topological polar surface area (TPSA) is 17.1 Å². The Morgan fingerprint density at radius 2 is 2.11 bits per heavy atom. The minimum Gasteiger partial charge on any atom is -0.299 e. The number of hydrogen-bond acceptors (Lipinski definition) is 1. The first-order chi connectivity index (χ1) is 4.35. The fourth-order valence-corrected chi connectivity index (χ4v) is 0.795. The van der Waals surface area contributed by atoms with Gasteiger partial charge in [0, 0.05) is 0 Å². The molecule has 0 aliphatic rings. The maximum atomic E-state index is 9.97. The van der Waals surface area contributed by atoms with Gasteiger partial charge in [0.05, 0.1) is 0 Å². The van der Waals surface area contributed by atoms with E-state index in [1.165, 1.54) is 5.57 Å². The van der Waals surface area contributed by atoms with Crippen LogP contribution in [0.2, 0.25) is 0 Å². The van der Waals surface area contributed by atoms with Gasteiger partial charge >= 0.3 is 0 Å². The molecule has 9 heavy (non-hydrogen) atoms. The second-order valence-corrected chi connectivity index (χ2v) is 2.06. The average molecular weight is 126 g/mol. The summed E-state index contributed by atoms with van der Waals surface area (Å²) in [5, 5.41) is 0. The quantitative estimate of drug-likeness (QED) is 0.417. The lowest BCUT2D eigenvalue weighted by Crippen LogP contribution is -1.80. The molecular formula is C8H14O. The highest BCUT2D eigenvalue weighted by atomic mass is 16.1. The van der Waals surface area contributed by atoms with Gasteiger partial charge in [0.15, 0.2) is 0 Å². The minimum absolute atomic E-state index is 0.870. The minimum atomic E-state index is 0.870. The van der Waals surface area contributed by atoms with Crippen molar-refractivity contribution in [1.29, 1.82) is 0 Å². The van der Waals surface area contributed by atoms with Gasteiger partial charge in [0.25, 0.3) is 0 Å². The summed E-state index contributed by atoms with van der Waals surface area (Å²) in [5.41, 5.74) is 1.26. The lowest BCUT2D eigenvalue weighted by Gasteiger charge is -1.96. The molecule has 1 nitrogen and oxygen atoms in total. The van der Waals surface area contributed by atoms with E-state index in [1.807, 2.05) is 0 Å². The molecule has 0 N–H and O–H groups in total. The summed E-state index contributed by atoms with van der Waals surface area (Å²) >= 11 is 0. The van der Waals surface area contributed by atoms with Crippen molar-refractivity contribution in [2.24, 2.45) is 0 Å². The van der Waals surface area contributed by atoms with Crippen LogP contribution in [0.5, 0.6) is 0 Å². The number of hydrogen-bond donors (Lipinski definition) is 0. The number of aldehydes is 1. The summed E-state index contributed by atoms with van der Waals surface area (Å²) < 4.78 is 0. The number of carbonyl (C=O) groups excluding carboxylic acids is 1. The van der Waals surface area contributed by atoms with Gasteiger partial charge in [0.1, 0.15) is 6.29 Å². The van der Waals surface area contributed by atoms with Crippen LogP contribution in [-0.4, -0.2) is 6.29 Å². The lowest BCUT2D eigenvalue weighted by atomic mass is 10.1. The Bertz CT molecular complexity index is 103. The molecule has 0 aromatic heterocycles. The van der Waals surface area contributed by atoms with Crippen LogP contribution in [0, 0.1) is 0 Å². The molecule has 52 valence electrons. The molecule has 0 saturated carbocycles. The van der Waals surface area contributed by atoms with E-state index in [0.29, 0.717) is 0 Å². The predicted octanol–water partition coefficient (Wildman–Crippen LogP) is 2.32. The van der Waals surface area contributed by atoms with Crippen molar-refractivity contribution in [3.63, 3.8) is 0 Å². The van der Waals surface area contributed by atoms with E-state index in [2.05, 4.69) is 13.8 Å². The number of allylic oxidation sites excluding steroid dienone is 2. The van der Waals surface area contributed by atoms with Gasteiger partial charge in [-0.2, -0.15) is 0 Å². The highest BCUT2D eigenvalue weighted by Gasteiger charge is 1.88. The highest BCUT2D eigenvalue weighted by molar-refractivity contribution is 5.65. The van der Waals surface area contributed by atoms with E-state index in [4.69, 9.17) is 0 Å². The van der Waals surface area contributed by atoms with E-state index < -0.39 is 0 Å². The Morgan fingerprint density at radius 3 is 2.44 bits per heavy atom. The number of carbonyl (C=O) groups is 1. The van der Waals surface area contributed by atoms with E-state index in [1.54, 1.807) is 6.08 Å². The van der Waals surface area contributed by atoms with Crippen LogP contribution >= 0.6 is 0 Å². The fraction of sp³-hybridized carbons (Fsp3) is 0.625. The van der Waals surface area contributed by atoms with Crippen LogP contribution < -0.4 is 0 Å². The molecule has 0 amide bonds. The first kappa shape index (κ1) is 8.41. The van der Waals surface area contributed by atoms with Gasteiger partial charge in [0.2, 0.25) is 0 Å². The van der Waals surface area contributed by atoms with Crippen molar-refractivity contribution in [3.8, 4) is 0 Å². The third-order valence-electron chi connectivity index (χ3n) is 1.33. The van der Waals surface area contributed by atoms with Gasteiger partial charge in [-0.05, 0) is 18.9 Å². The third kappa shape index (κ3) is 3.95. The molecule has 0 aliphatic carbocycles. The second kappa shape index (κ2) is 5.54. The molecule has 0 aromatic carbocycles. The molecule has 1 heteroatoms. The standard InChI is InChI=1S/C8H14O/c1-3-5-8(4-2)6-7-9/h6-7H,3-5H2,1-2H3. The summed E-state index contributed by atoms with van der Waals surface area (Å²) in [7, 11) is 0. The molecule has 0 saturated heterocycles. The summed E-state index contributed by atoms with van der Waals surface area (Å²) in [5.74, 6) is 0. The summed E-state index contributed by atoms with van der Waals surface area (Å²) in [4.78, 5) is 9.97. The van der Waals surface area contributed by atoms with Crippen LogP contribution in [0.25, 0.3) is 0 Å². The van der Waals surface area contributed by atoms with Crippen LogP contribution in [0.15, 0.2) is 11.6 Å². The predicted molar refractivity (Wildman–Crippen MR) is 39.3 cm³/mol. The van der Waals surface area contributed by atoms with Crippen molar-refractivity contribution in [3.05, 3.63) is 11.6 Å². The summed E-state index contributed by atoms with van der Waals surface area (Å²) in [6, 6.07) is 0. The van der Waals surface area contributed by atoms with Crippen LogP contribution in [0.3, 0.4) is 0 Å². The van der Waals surface area contributed by atoms with Crippen molar-refractivity contribution in [2.75, 3.05) is 0 Å². The van der Waals surface area contributed by atoms with Crippen LogP contribution in [0.1, 0.15) is 33.1 Å². The van der Waals surface area contributed by atoms with Gasteiger partial charge in [-0.25, -0.2) is 0 Å². The summed E-state index contributed by atoms with van der Waals surface area (Å²) in [6.45, 7) is 4.19. The zero-order chi connectivity index (χ0) is 7.11. The molecular weight excluding hydrogens is 112 g/mol. The molecule has 0 radical (unpaired) electrons. The molecule has 0 atom stereocenters. The van der Waals surface area contributed by atoms with E-state index in [-0.39, 0.29) is 0 Å². The van der Waals surface area contributed by atoms with Crippen LogP contribution in [0.4, 0.5) is 0 Å². The third-order valence-corrected chi connectivity index (χ3v) is 1.33. The first-order valence-electron chi connectivity index (χ1n) is 3.48. The van der Waals surface area contributed by atoms with Crippen molar-refractivity contribution in [2.45, 2.75) is 33.1 Å². The normalized spacial score (nSPS) is 11.6. The average Bonchev–Trinajstić information content (AvgIpc) is 1.88. The van der Waals surface area contributed by atoms with Crippen molar-refractivity contribution in [1.82, 2.24) is 0 Å². The smallest absolute Gasteiger partial charge is 0.142 e. The van der Waals surface area contributed by atoms with Crippen molar-refractivity contribution < 1.29 is 4.79 Å². The Morgan fingerprint density at radius 1 is 1.44 bits per heavy atom. The van der Waals surface area contributed by atoms with E-state index in [9.17, 15) is 4.79 Å². The lowest BCUT2D eigenvalue weighted by molar-refractivity contribution is -0.104. The maximum Gasteiger partial charge on any atom is 0.142 e. The SMILES string of the molecule is CCCC(=CC=O)CC. The molecule has 0 rings (SSSR count). The fourth-order valence-electron chi connectivity index (χ4n) is 0.795. The van der Waals surface area contributed by atoms with Crippen LogP contribution in [-0.2, 0) is 4.79 Å². The molecule has 0 heterocycles. The Balaban J connectivity index is 3.66. The van der Waals surface area contributed by atoms with E-state index >= 15 is 0 Å². The van der Waals surface area contributed by atoms with Gasteiger partial charge in [-0.15, -0.1) is 0 Å². The first-order valence-corrected chi connectivity index (χ1v) is 3.48. The highest BCUT2D eigenvalue weighted by Crippen LogP contribution is 2.06. The van der Waals surface area contributed by atoms with Gasteiger partial charge < -0.3 is 0 Å². The number of rotatable bonds is 4. The Hall–Kier alpha value is -0.590. The second-order valence-electron chi connectivity index (χ2n) is 2.06. The van der Waals surface area contributed by atoms with Gasteiger partial charge in [-0.1, -0.05) is 25.8 Å². The molecule has 0 aromatic rings. The Labute approximate surface area is 56.8 Å². The Kier molecular flexibility index (Phi) is 5.18. The van der Waals surface area contributed by atoms with Crippen molar-refractivity contribution >= 4 is 6.29 Å². The zero-order valence-corrected chi connectivity index (χ0v) is 6.18. The van der Waals surface area contributed by atoms with Gasteiger partial charge in [-0.3, -0.25) is 4.79 Å². The summed E-state index contributed by atoms with van der Waals surface area (Å²) in [6.07, 6.45) is 5.74. The maximum absolute atomic E-state index is 9.97. The largest absolute Gasteiger partial charge is 0.299 e. The molecule has 0 spiro atoms. The molecule has 0 bridgehead atoms. The zero-order valence-electron chi connectivity index (χ0n) is 6.18. The molecule has 0 unspecified atom stereocenters. The monoisotopic (exact) mass is 126 g/mol. The van der Waals surface area contributed by atoms with E-state index in [0.717, 1.165) is 25.5 Å². The molecule has 0 fully saturated rings.